The van der Waals surface area contributed by atoms with Crippen LogP contribution in [0.15, 0.2) is 36.4 Å². The minimum absolute atomic E-state index is 0.280. The third-order valence-corrected chi connectivity index (χ3v) is 3.53. The fourth-order valence-electron chi connectivity index (χ4n) is 2.40. The highest BCUT2D eigenvalue weighted by Gasteiger charge is 2.21. The van der Waals surface area contributed by atoms with E-state index in [0.29, 0.717) is 0 Å². The lowest BCUT2D eigenvalue weighted by atomic mass is 10.0. The van der Waals surface area contributed by atoms with E-state index in [4.69, 9.17) is 0 Å². The first-order valence-electron chi connectivity index (χ1n) is 6.57. The van der Waals surface area contributed by atoms with Gasteiger partial charge in [-0.3, -0.25) is 4.90 Å². The fourth-order valence-corrected chi connectivity index (χ4v) is 2.40. The number of rotatable bonds is 1. The van der Waals surface area contributed by atoms with Crippen molar-refractivity contribution in [2.24, 2.45) is 0 Å². The van der Waals surface area contributed by atoms with Crippen LogP contribution in [-0.2, 0) is 0 Å². The topological polar surface area (TPSA) is 3.24 Å². The lowest BCUT2D eigenvalue weighted by molar-refractivity contribution is 0.155. The van der Waals surface area contributed by atoms with Gasteiger partial charge in [0.1, 0.15) is 0 Å². The average molecular weight is 229 g/mol. The number of allylic oxidation sites excluding steroid dienone is 1. The van der Waals surface area contributed by atoms with Crippen molar-refractivity contribution in [2.75, 3.05) is 13.1 Å². The molecular formula is C16H23N. The summed E-state index contributed by atoms with van der Waals surface area (Å²) in [6, 6.07) is 10.8. The molecule has 1 aromatic carbocycles. The Morgan fingerprint density at radius 1 is 1.06 bits per heavy atom. The molecule has 2 rings (SSSR count). The lowest BCUT2D eigenvalue weighted by Gasteiger charge is -2.34. The Morgan fingerprint density at radius 3 is 2.41 bits per heavy atom. The third kappa shape index (κ3) is 3.19. The third-order valence-electron chi connectivity index (χ3n) is 3.53. The van der Waals surface area contributed by atoms with Crippen LogP contribution in [0.4, 0.5) is 0 Å². The van der Waals surface area contributed by atoms with E-state index in [1.807, 2.05) is 0 Å². The first kappa shape index (κ1) is 12.4. The fraction of sp³-hybridized carbons (Fsp3) is 0.500. The standard InChI is InChI=1S/C16H23N/c1-16(2,3)17-12-7-10-15(11-13-17)14-8-5-4-6-9-14/h4-6,8-9,11H,7,10,12-13H2,1-3H3. The number of hydrogen-bond acceptors (Lipinski definition) is 1. The molecule has 1 aliphatic heterocycles. The molecule has 0 unspecified atom stereocenters. The van der Waals surface area contributed by atoms with Crippen molar-refractivity contribution >= 4 is 5.57 Å². The minimum Gasteiger partial charge on any atom is -0.295 e. The van der Waals surface area contributed by atoms with Gasteiger partial charge in [0.2, 0.25) is 0 Å². The summed E-state index contributed by atoms with van der Waals surface area (Å²) in [7, 11) is 0. The predicted molar refractivity (Wildman–Crippen MR) is 75.0 cm³/mol. The van der Waals surface area contributed by atoms with Crippen LogP contribution in [0, 0.1) is 0 Å². The molecule has 0 saturated carbocycles. The Hall–Kier alpha value is -1.08. The normalized spacial score (nSPS) is 18.6. The molecule has 17 heavy (non-hydrogen) atoms. The first-order chi connectivity index (χ1) is 8.07. The van der Waals surface area contributed by atoms with Gasteiger partial charge in [-0.25, -0.2) is 0 Å². The van der Waals surface area contributed by atoms with Crippen molar-refractivity contribution in [1.82, 2.24) is 4.90 Å². The summed E-state index contributed by atoms with van der Waals surface area (Å²) in [5.41, 5.74) is 3.18. The number of benzene rings is 1. The molecule has 0 saturated heterocycles. The van der Waals surface area contributed by atoms with Gasteiger partial charge >= 0.3 is 0 Å². The van der Waals surface area contributed by atoms with E-state index in [1.165, 1.54) is 30.5 Å². The van der Waals surface area contributed by atoms with Crippen molar-refractivity contribution in [3.8, 4) is 0 Å². The quantitative estimate of drug-likeness (QED) is 0.704. The molecule has 0 atom stereocenters. The Bertz CT molecular complexity index is 384. The van der Waals surface area contributed by atoms with Crippen LogP contribution in [0.25, 0.3) is 5.57 Å². The zero-order chi connectivity index (χ0) is 12.3. The largest absolute Gasteiger partial charge is 0.295 e. The molecule has 0 N–H and O–H groups in total. The van der Waals surface area contributed by atoms with Crippen molar-refractivity contribution in [3.05, 3.63) is 42.0 Å². The van der Waals surface area contributed by atoms with E-state index in [2.05, 4.69) is 62.1 Å². The van der Waals surface area contributed by atoms with E-state index in [-0.39, 0.29) is 5.54 Å². The van der Waals surface area contributed by atoms with Gasteiger partial charge in [0.25, 0.3) is 0 Å². The SMILES string of the molecule is CC(C)(C)N1CC=C(c2ccccc2)CCC1. The zero-order valence-corrected chi connectivity index (χ0v) is 11.2. The first-order valence-corrected chi connectivity index (χ1v) is 6.57. The second-order valence-electron chi connectivity index (χ2n) is 5.82. The number of nitrogens with zero attached hydrogens (tertiary/aromatic N) is 1. The molecule has 1 heterocycles. The maximum atomic E-state index is 2.56. The van der Waals surface area contributed by atoms with Gasteiger partial charge in [0, 0.05) is 12.1 Å². The second kappa shape index (κ2) is 5.05. The van der Waals surface area contributed by atoms with Gasteiger partial charge in [0.15, 0.2) is 0 Å². The van der Waals surface area contributed by atoms with Gasteiger partial charge in [-0.15, -0.1) is 0 Å². The monoisotopic (exact) mass is 229 g/mol. The molecule has 1 aliphatic rings. The minimum atomic E-state index is 0.280. The molecule has 0 amide bonds. The Balaban J connectivity index is 2.14. The molecule has 0 spiro atoms. The molecule has 92 valence electrons. The molecule has 0 aliphatic carbocycles. The highest BCUT2D eigenvalue weighted by Crippen LogP contribution is 2.25. The van der Waals surface area contributed by atoms with E-state index >= 15 is 0 Å². The van der Waals surface area contributed by atoms with Gasteiger partial charge in [-0.1, -0.05) is 36.4 Å². The molecule has 0 aromatic heterocycles. The predicted octanol–water partition coefficient (Wildman–Crippen LogP) is 3.96. The zero-order valence-electron chi connectivity index (χ0n) is 11.2. The average Bonchev–Trinajstić information content (AvgIpc) is 2.55. The van der Waals surface area contributed by atoms with Crippen LogP contribution in [0.3, 0.4) is 0 Å². The van der Waals surface area contributed by atoms with Crippen LogP contribution >= 0.6 is 0 Å². The van der Waals surface area contributed by atoms with Crippen LogP contribution in [0.5, 0.6) is 0 Å². The molecule has 0 radical (unpaired) electrons. The Morgan fingerprint density at radius 2 is 1.76 bits per heavy atom. The second-order valence-corrected chi connectivity index (χ2v) is 5.82. The molecule has 1 heteroatoms. The van der Waals surface area contributed by atoms with Crippen LogP contribution in [0.1, 0.15) is 39.2 Å². The maximum Gasteiger partial charge on any atom is 0.0174 e. The summed E-state index contributed by atoms with van der Waals surface area (Å²) in [4.78, 5) is 2.56. The summed E-state index contributed by atoms with van der Waals surface area (Å²) in [6.45, 7) is 9.18. The molecule has 0 fully saturated rings. The highest BCUT2D eigenvalue weighted by atomic mass is 15.2. The van der Waals surface area contributed by atoms with Gasteiger partial charge < -0.3 is 0 Å². The molecule has 1 nitrogen and oxygen atoms in total. The number of hydrogen-bond donors (Lipinski definition) is 0. The van der Waals surface area contributed by atoms with E-state index in [1.54, 1.807) is 0 Å². The summed E-state index contributed by atoms with van der Waals surface area (Å²) >= 11 is 0. The molecule has 0 bridgehead atoms. The van der Waals surface area contributed by atoms with Gasteiger partial charge in [-0.05, 0) is 51.3 Å². The Kier molecular flexibility index (Phi) is 3.68. The van der Waals surface area contributed by atoms with Gasteiger partial charge in [0.05, 0.1) is 0 Å². The summed E-state index contributed by atoms with van der Waals surface area (Å²) < 4.78 is 0. The molecular weight excluding hydrogens is 206 g/mol. The lowest BCUT2D eigenvalue weighted by Crippen LogP contribution is -2.41. The highest BCUT2D eigenvalue weighted by molar-refractivity contribution is 5.65. The van der Waals surface area contributed by atoms with Crippen molar-refractivity contribution in [1.29, 1.82) is 0 Å². The summed E-state index contributed by atoms with van der Waals surface area (Å²) in [5.74, 6) is 0. The van der Waals surface area contributed by atoms with Crippen molar-refractivity contribution < 1.29 is 0 Å². The smallest absolute Gasteiger partial charge is 0.0174 e. The summed E-state index contributed by atoms with van der Waals surface area (Å²) in [5, 5.41) is 0. The van der Waals surface area contributed by atoms with Crippen LogP contribution in [0.2, 0.25) is 0 Å². The molecule has 1 aromatic rings. The van der Waals surface area contributed by atoms with Gasteiger partial charge in [-0.2, -0.15) is 0 Å². The summed E-state index contributed by atoms with van der Waals surface area (Å²) in [6.07, 6.45) is 4.88. The van der Waals surface area contributed by atoms with Crippen molar-refractivity contribution in [3.63, 3.8) is 0 Å². The Labute approximate surface area is 105 Å². The van der Waals surface area contributed by atoms with E-state index in [0.717, 1.165) is 6.54 Å². The van der Waals surface area contributed by atoms with E-state index in [9.17, 15) is 0 Å². The van der Waals surface area contributed by atoms with Crippen molar-refractivity contribution in [2.45, 2.75) is 39.2 Å². The van der Waals surface area contributed by atoms with Crippen LogP contribution in [-0.4, -0.2) is 23.5 Å². The van der Waals surface area contributed by atoms with Crippen LogP contribution < -0.4 is 0 Å². The maximum absolute atomic E-state index is 2.56. The van der Waals surface area contributed by atoms with E-state index < -0.39 is 0 Å².